The van der Waals surface area contributed by atoms with Crippen molar-refractivity contribution < 1.29 is 19.5 Å². The average molecular weight is 454 g/mol. The second kappa shape index (κ2) is 9.13. The molecule has 13 heteroatoms. The summed E-state index contributed by atoms with van der Waals surface area (Å²) in [5, 5.41) is 37.2. The first-order valence-corrected chi connectivity index (χ1v) is 9.37. The molecule has 0 fully saturated rings. The normalized spacial score (nSPS) is 10.9. The number of nitrogens with zero attached hydrogens (tertiary/aromatic N) is 5. The molecule has 1 N–H and O–H groups in total. The molecule has 2 aromatic carbocycles. The number of nitro groups is 3. The summed E-state index contributed by atoms with van der Waals surface area (Å²) in [6.45, 7) is 3.64. The third-order valence-corrected chi connectivity index (χ3v) is 4.86. The minimum absolute atomic E-state index is 0.00676. The van der Waals surface area contributed by atoms with E-state index >= 15 is 0 Å². The Morgan fingerprint density at radius 3 is 2.18 bits per heavy atom. The van der Waals surface area contributed by atoms with Gasteiger partial charge in [0, 0.05) is 29.1 Å². The van der Waals surface area contributed by atoms with Crippen molar-refractivity contribution in [3.05, 3.63) is 89.8 Å². The molecule has 170 valence electrons. The van der Waals surface area contributed by atoms with E-state index in [0.29, 0.717) is 17.0 Å². The van der Waals surface area contributed by atoms with Crippen LogP contribution in [0.15, 0.2) is 47.6 Å². The fourth-order valence-corrected chi connectivity index (χ4v) is 3.30. The molecule has 0 amide bonds. The van der Waals surface area contributed by atoms with Gasteiger partial charge in [0.25, 0.3) is 11.4 Å². The van der Waals surface area contributed by atoms with Crippen LogP contribution in [0, 0.1) is 44.2 Å². The van der Waals surface area contributed by atoms with Gasteiger partial charge in [0.15, 0.2) is 0 Å². The minimum Gasteiger partial charge on any atom is -0.494 e. The van der Waals surface area contributed by atoms with Crippen LogP contribution in [-0.2, 0) is 0 Å². The van der Waals surface area contributed by atoms with Crippen LogP contribution in [-0.4, -0.2) is 32.7 Å². The monoisotopic (exact) mass is 454 g/mol. The topological polar surface area (TPSA) is 168 Å². The number of aromatic nitrogens is 1. The van der Waals surface area contributed by atoms with Gasteiger partial charge >= 0.3 is 5.69 Å². The number of nitro benzene ring substituents is 3. The van der Waals surface area contributed by atoms with Crippen molar-refractivity contribution >= 4 is 29.0 Å². The van der Waals surface area contributed by atoms with Crippen molar-refractivity contribution in [1.29, 1.82) is 0 Å². The van der Waals surface area contributed by atoms with Gasteiger partial charge in [-0.25, -0.2) is 0 Å². The molecular weight excluding hydrogens is 436 g/mol. The van der Waals surface area contributed by atoms with Gasteiger partial charge in [-0.15, -0.1) is 0 Å². The summed E-state index contributed by atoms with van der Waals surface area (Å²) >= 11 is 0. The van der Waals surface area contributed by atoms with E-state index in [1.165, 1.54) is 31.5 Å². The molecule has 0 aliphatic carbocycles. The summed E-state index contributed by atoms with van der Waals surface area (Å²) in [7, 11) is 1.42. The van der Waals surface area contributed by atoms with Gasteiger partial charge in [-0.2, -0.15) is 5.10 Å². The van der Waals surface area contributed by atoms with E-state index in [0.717, 1.165) is 23.5 Å². The van der Waals surface area contributed by atoms with Crippen molar-refractivity contribution in [3.8, 4) is 11.4 Å². The van der Waals surface area contributed by atoms with Crippen molar-refractivity contribution in [2.24, 2.45) is 5.10 Å². The zero-order valence-electron chi connectivity index (χ0n) is 17.7. The van der Waals surface area contributed by atoms with Crippen LogP contribution >= 0.6 is 0 Å². The van der Waals surface area contributed by atoms with Gasteiger partial charge in [0.05, 0.1) is 45.9 Å². The molecule has 0 saturated carbocycles. The Hall–Kier alpha value is -4.81. The Kier molecular flexibility index (Phi) is 6.33. The largest absolute Gasteiger partial charge is 0.494 e. The molecule has 13 nitrogen and oxygen atoms in total. The maximum Gasteiger partial charge on any atom is 0.301 e. The molecule has 1 aromatic heterocycles. The molecule has 0 unspecified atom stereocenters. The first kappa shape index (κ1) is 22.9. The summed E-state index contributed by atoms with van der Waals surface area (Å²) in [6, 6.07) is 9.29. The molecule has 3 rings (SSSR count). The van der Waals surface area contributed by atoms with Crippen LogP contribution in [0.3, 0.4) is 0 Å². The van der Waals surface area contributed by atoms with Crippen molar-refractivity contribution in [3.63, 3.8) is 0 Å². The highest BCUT2D eigenvalue weighted by atomic mass is 16.6. The highest BCUT2D eigenvalue weighted by Gasteiger charge is 2.20. The van der Waals surface area contributed by atoms with Gasteiger partial charge in [-0.1, -0.05) is 0 Å². The number of nitrogens with one attached hydrogen (secondary N) is 1. The second-order valence-electron chi connectivity index (χ2n) is 6.86. The third kappa shape index (κ3) is 4.61. The molecule has 3 aromatic rings. The van der Waals surface area contributed by atoms with E-state index in [1.54, 1.807) is 6.07 Å². The number of anilines is 1. The first-order valence-electron chi connectivity index (χ1n) is 9.37. The second-order valence-corrected chi connectivity index (χ2v) is 6.86. The summed E-state index contributed by atoms with van der Waals surface area (Å²) in [6.07, 6.45) is 1.45. The van der Waals surface area contributed by atoms with Crippen LogP contribution < -0.4 is 10.2 Å². The molecule has 0 bridgehead atoms. The van der Waals surface area contributed by atoms with E-state index in [-0.39, 0.29) is 11.4 Å². The quantitative estimate of drug-likeness (QED) is 0.299. The summed E-state index contributed by atoms with van der Waals surface area (Å²) in [5.74, 6) is 0.314. The van der Waals surface area contributed by atoms with Gasteiger partial charge in [0.1, 0.15) is 11.4 Å². The Labute approximate surface area is 186 Å². The van der Waals surface area contributed by atoms with E-state index in [4.69, 9.17) is 4.74 Å². The molecule has 0 spiro atoms. The Morgan fingerprint density at radius 2 is 1.58 bits per heavy atom. The maximum absolute atomic E-state index is 11.2. The number of ether oxygens (including phenoxy) is 1. The van der Waals surface area contributed by atoms with Crippen LogP contribution in [0.5, 0.6) is 5.75 Å². The van der Waals surface area contributed by atoms with Crippen LogP contribution in [0.25, 0.3) is 5.69 Å². The number of hydrazone groups is 1. The van der Waals surface area contributed by atoms with Crippen LogP contribution in [0.4, 0.5) is 22.7 Å². The number of methoxy groups -OCH3 is 1. The van der Waals surface area contributed by atoms with E-state index < -0.39 is 26.1 Å². The van der Waals surface area contributed by atoms with E-state index in [9.17, 15) is 30.3 Å². The standard InChI is InChI=1S/C20H18N6O7/c1-12-8-14(11-21-22-17-6-4-15(24(27)28)9-19(17)26(31)32)13(2)23(12)18-7-5-16(25(29)30)10-20(18)33-3/h4-11,22H,1-3H3/b21-11-. The lowest BCUT2D eigenvalue weighted by Crippen LogP contribution is -2.03. The van der Waals surface area contributed by atoms with Gasteiger partial charge in [-0.05, 0) is 32.0 Å². The predicted molar refractivity (Wildman–Crippen MR) is 119 cm³/mol. The van der Waals surface area contributed by atoms with Crippen molar-refractivity contribution in [1.82, 2.24) is 4.57 Å². The smallest absolute Gasteiger partial charge is 0.301 e. The fraction of sp³-hybridized carbons (Fsp3) is 0.150. The van der Waals surface area contributed by atoms with Gasteiger partial charge in [-0.3, -0.25) is 35.8 Å². The number of rotatable bonds is 8. The molecule has 0 atom stereocenters. The Morgan fingerprint density at radius 1 is 0.939 bits per heavy atom. The molecule has 0 radical (unpaired) electrons. The van der Waals surface area contributed by atoms with Crippen molar-refractivity contribution in [2.45, 2.75) is 13.8 Å². The SMILES string of the molecule is COc1cc([N+](=O)[O-])ccc1-n1c(C)cc(/C=N\Nc2ccc([N+](=O)[O-])cc2[N+](=O)[O-])c1C. The number of aryl methyl sites for hydroxylation is 1. The molecular formula is C20H18N6O7. The van der Waals surface area contributed by atoms with Crippen molar-refractivity contribution in [2.75, 3.05) is 12.5 Å². The molecule has 33 heavy (non-hydrogen) atoms. The molecule has 0 aliphatic rings. The van der Waals surface area contributed by atoms with Crippen LogP contribution in [0.1, 0.15) is 17.0 Å². The molecule has 0 aliphatic heterocycles. The number of benzene rings is 2. The maximum atomic E-state index is 11.2. The van der Waals surface area contributed by atoms with E-state index in [2.05, 4.69) is 10.5 Å². The minimum atomic E-state index is -0.738. The summed E-state index contributed by atoms with van der Waals surface area (Å²) in [5.41, 5.74) is 4.34. The van der Waals surface area contributed by atoms with Gasteiger partial charge in [0.2, 0.25) is 0 Å². The zero-order valence-corrected chi connectivity index (χ0v) is 17.7. The number of hydrogen-bond donors (Lipinski definition) is 1. The third-order valence-electron chi connectivity index (χ3n) is 4.86. The lowest BCUT2D eigenvalue weighted by molar-refractivity contribution is -0.393. The first-order chi connectivity index (χ1) is 15.6. The summed E-state index contributed by atoms with van der Waals surface area (Å²) in [4.78, 5) is 31.2. The van der Waals surface area contributed by atoms with Gasteiger partial charge < -0.3 is 9.30 Å². The summed E-state index contributed by atoms with van der Waals surface area (Å²) < 4.78 is 7.16. The Bertz CT molecular complexity index is 1300. The average Bonchev–Trinajstić information content (AvgIpc) is 3.05. The Balaban J connectivity index is 1.92. The lowest BCUT2D eigenvalue weighted by atomic mass is 10.2. The zero-order chi connectivity index (χ0) is 24.3. The molecule has 1 heterocycles. The number of hydrogen-bond acceptors (Lipinski definition) is 9. The fourth-order valence-electron chi connectivity index (χ4n) is 3.30. The predicted octanol–water partition coefficient (Wildman–Crippen LogP) is 4.27. The highest BCUT2D eigenvalue weighted by molar-refractivity contribution is 5.83. The van der Waals surface area contributed by atoms with Crippen LogP contribution in [0.2, 0.25) is 0 Å². The lowest BCUT2D eigenvalue weighted by Gasteiger charge is -2.13. The van der Waals surface area contributed by atoms with E-state index in [1.807, 2.05) is 24.5 Å². The number of non-ortho nitro benzene ring substituents is 2. The highest BCUT2D eigenvalue weighted by Crippen LogP contribution is 2.32. The molecule has 0 saturated heterocycles.